The van der Waals surface area contributed by atoms with Crippen LogP contribution >= 0.6 is 11.6 Å². The normalized spacial score (nSPS) is 10.3. The lowest BCUT2D eigenvalue weighted by molar-refractivity contribution is 0.102. The van der Waals surface area contributed by atoms with E-state index in [9.17, 15) is 9.18 Å². The Kier molecular flexibility index (Phi) is 4.33. The minimum Gasteiger partial charge on any atom is -0.398 e. The summed E-state index contributed by atoms with van der Waals surface area (Å²) < 4.78 is 13.0. The van der Waals surface area contributed by atoms with Gasteiger partial charge in [0.15, 0.2) is 0 Å². The number of nitrogens with one attached hydrogen (secondary N) is 1. The summed E-state index contributed by atoms with van der Waals surface area (Å²) in [6.07, 6.45) is 0. The summed E-state index contributed by atoms with van der Waals surface area (Å²) >= 11 is 6.14. The number of carbonyl (C=O) groups excluding carboxylic acids is 1. The fraction of sp³-hybridized carbons (Fsp3) is 0.133. The van der Waals surface area contributed by atoms with E-state index in [0.717, 1.165) is 11.8 Å². The number of halogens is 2. The van der Waals surface area contributed by atoms with Crippen molar-refractivity contribution in [2.75, 3.05) is 30.0 Å². The highest BCUT2D eigenvalue weighted by Gasteiger charge is 2.12. The number of anilines is 3. The van der Waals surface area contributed by atoms with Gasteiger partial charge in [-0.3, -0.25) is 4.79 Å². The van der Waals surface area contributed by atoms with Gasteiger partial charge in [0.2, 0.25) is 0 Å². The molecule has 6 heteroatoms. The minimum absolute atomic E-state index is 0.0866. The van der Waals surface area contributed by atoms with E-state index in [0.29, 0.717) is 10.7 Å². The first-order valence-electron chi connectivity index (χ1n) is 6.21. The van der Waals surface area contributed by atoms with Crippen LogP contribution in [0.5, 0.6) is 0 Å². The Hall–Kier alpha value is -2.27. The van der Waals surface area contributed by atoms with Crippen LogP contribution in [0.3, 0.4) is 0 Å². The van der Waals surface area contributed by atoms with Crippen molar-refractivity contribution in [3.05, 3.63) is 52.8 Å². The van der Waals surface area contributed by atoms with E-state index in [1.807, 2.05) is 19.0 Å². The van der Waals surface area contributed by atoms with Gasteiger partial charge in [0.05, 0.1) is 16.3 Å². The van der Waals surface area contributed by atoms with Gasteiger partial charge >= 0.3 is 0 Å². The molecule has 0 spiro atoms. The Morgan fingerprint density at radius 1 is 1.24 bits per heavy atom. The zero-order chi connectivity index (χ0) is 15.6. The molecule has 0 aliphatic rings. The van der Waals surface area contributed by atoms with Crippen molar-refractivity contribution in [2.24, 2.45) is 0 Å². The Morgan fingerprint density at radius 2 is 1.95 bits per heavy atom. The van der Waals surface area contributed by atoms with E-state index in [2.05, 4.69) is 5.32 Å². The zero-order valence-corrected chi connectivity index (χ0v) is 12.4. The summed E-state index contributed by atoms with van der Waals surface area (Å²) in [5.74, 6) is -0.899. The van der Waals surface area contributed by atoms with Crippen molar-refractivity contribution in [2.45, 2.75) is 0 Å². The summed E-state index contributed by atoms with van der Waals surface area (Å²) in [5, 5.41) is 3.20. The number of rotatable bonds is 3. The third kappa shape index (κ3) is 3.44. The molecule has 0 bridgehead atoms. The molecule has 0 aliphatic heterocycles. The average Bonchev–Trinajstić information content (AvgIpc) is 2.37. The maximum atomic E-state index is 13.0. The van der Waals surface area contributed by atoms with Crippen molar-refractivity contribution >= 4 is 34.6 Å². The van der Waals surface area contributed by atoms with Gasteiger partial charge in [0, 0.05) is 25.5 Å². The van der Waals surface area contributed by atoms with Crippen LogP contribution < -0.4 is 16.0 Å². The van der Waals surface area contributed by atoms with Crippen LogP contribution in [0.1, 0.15) is 10.4 Å². The molecule has 2 rings (SSSR count). The van der Waals surface area contributed by atoms with Gasteiger partial charge in [-0.05, 0) is 36.4 Å². The van der Waals surface area contributed by atoms with Crippen LogP contribution in [-0.4, -0.2) is 20.0 Å². The number of hydrogen-bond donors (Lipinski definition) is 2. The van der Waals surface area contributed by atoms with Gasteiger partial charge < -0.3 is 16.0 Å². The van der Waals surface area contributed by atoms with Gasteiger partial charge in [-0.1, -0.05) is 11.6 Å². The van der Waals surface area contributed by atoms with E-state index in [-0.39, 0.29) is 11.3 Å². The number of carbonyl (C=O) groups is 1. The number of benzene rings is 2. The third-order valence-corrected chi connectivity index (χ3v) is 3.25. The molecule has 0 saturated heterocycles. The molecular formula is C15H15ClFN3O. The number of nitrogen functional groups attached to an aromatic ring is 1. The lowest BCUT2D eigenvalue weighted by Gasteiger charge is -2.15. The van der Waals surface area contributed by atoms with Crippen LogP contribution in [0.25, 0.3) is 0 Å². The van der Waals surface area contributed by atoms with Gasteiger partial charge in [-0.15, -0.1) is 0 Å². The fourth-order valence-corrected chi connectivity index (χ4v) is 2.24. The van der Waals surface area contributed by atoms with Crippen LogP contribution in [0, 0.1) is 5.82 Å². The van der Waals surface area contributed by atoms with E-state index in [4.69, 9.17) is 17.3 Å². The second-order valence-electron chi connectivity index (χ2n) is 4.75. The molecule has 0 radical (unpaired) electrons. The highest BCUT2D eigenvalue weighted by molar-refractivity contribution is 6.33. The predicted molar refractivity (Wildman–Crippen MR) is 84.5 cm³/mol. The van der Waals surface area contributed by atoms with Crippen LogP contribution in [0.2, 0.25) is 5.02 Å². The maximum Gasteiger partial charge on any atom is 0.257 e. The SMILES string of the molecule is CN(C)c1ccc(NC(=O)c2ccc(F)cc2N)cc1Cl. The van der Waals surface area contributed by atoms with Gasteiger partial charge in [-0.2, -0.15) is 0 Å². The number of amides is 1. The van der Waals surface area contributed by atoms with E-state index in [1.165, 1.54) is 12.1 Å². The summed E-state index contributed by atoms with van der Waals surface area (Å²) in [5.41, 5.74) is 7.32. The zero-order valence-electron chi connectivity index (χ0n) is 11.7. The van der Waals surface area contributed by atoms with Crippen LogP contribution in [-0.2, 0) is 0 Å². The van der Waals surface area contributed by atoms with Crippen molar-refractivity contribution in [3.8, 4) is 0 Å². The predicted octanol–water partition coefficient (Wildman–Crippen LogP) is 3.38. The van der Waals surface area contributed by atoms with Gasteiger partial charge in [0.1, 0.15) is 5.82 Å². The van der Waals surface area contributed by atoms with Crippen LogP contribution in [0.4, 0.5) is 21.5 Å². The number of nitrogens with zero attached hydrogens (tertiary/aromatic N) is 1. The second-order valence-corrected chi connectivity index (χ2v) is 5.15. The molecule has 1 amide bonds. The highest BCUT2D eigenvalue weighted by Crippen LogP contribution is 2.27. The molecule has 3 N–H and O–H groups in total. The fourth-order valence-electron chi connectivity index (χ4n) is 1.89. The van der Waals surface area contributed by atoms with Gasteiger partial charge in [-0.25, -0.2) is 4.39 Å². The lowest BCUT2D eigenvalue weighted by atomic mass is 10.1. The summed E-state index contributed by atoms with van der Waals surface area (Å²) in [6, 6.07) is 8.82. The molecule has 0 fully saturated rings. The molecule has 21 heavy (non-hydrogen) atoms. The molecule has 2 aromatic rings. The van der Waals surface area contributed by atoms with Crippen molar-refractivity contribution < 1.29 is 9.18 Å². The molecule has 0 unspecified atom stereocenters. The lowest BCUT2D eigenvalue weighted by Crippen LogP contribution is -2.14. The van der Waals surface area contributed by atoms with Gasteiger partial charge in [0.25, 0.3) is 5.91 Å². The Bertz CT molecular complexity index is 689. The van der Waals surface area contributed by atoms with E-state index in [1.54, 1.807) is 18.2 Å². The standard InChI is InChI=1S/C15H15ClFN3O/c1-20(2)14-6-4-10(8-12(14)16)19-15(21)11-5-3-9(17)7-13(11)18/h3-8H,18H2,1-2H3,(H,19,21). The van der Waals surface area contributed by atoms with Crippen molar-refractivity contribution in [1.82, 2.24) is 0 Å². The molecule has 110 valence electrons. The minimum atomic E-state index is -0.484. The van der Waals surface area contributed by atoms with Crippen molar-refractivity contribution in [3.63, 3.8) is 0 Å². The Labute approximate surface area is 127 Å². The molecular weight excluding hydrogens is 293 g/mol. The summed E-state index contributed by atoms with van der Waals surface area (Å²) in [7, 11) is 3.75. The monoisotopic (exact) mass is 307 g/mol. The molecule has 4 nitrogen and oxygen atoms in total. The smallest absolute Gasteiger partial charge is 0.257 e. The Morgan fingerprint density at radius 3 is 2.52 bits per heavy atom. The largest absolute Gasteiger partial charge is 0.398 e. The molecule has 0 atom stereocenters. The van der Waals surface area contributed by atoms with Crippen LogP contribution in [0.15, 0.2) is 36.4 Å². The summed E-state index contributed by atoms with van der Waals surface area (Å²) in [4.78, 5) is 14.0. The molecule has 2 aromatic carbocycles. The molecule has 0 saturated carbocycles. The van der Waals surface area contributed by atoms with Crippen molar-refractivity contribution in [1.29, 1.82) is 0 Å². The summed E-state index contributed by atoms with van der Waals surface area (Å²) in [6.45, 7) is 0. The number of nitrogens with two attached hydrogens (primary N) is 1. The Balaban J connectivity index is 2.22. The second kappa shape index (κ2) is 6.01. The third-order valence-electron chi connectivity index (χ3n) is 2.95. The number of hydrogen-bond acceptors (Lipinski definition) is 3. The topological polar surface area (TPSA) is 58.4 Å². The molecule has 0 heterocycles. The first-order chi connectivity index (χ1) is 9.88. The van der Waals surface area contributed by atoms with E-state index < -0.39 is 11.7 Å². The quantitative estimate of drug-likeness (QED) is 0.855. The van der Waals surface area contributed by atoms with E-state index >= 15 is 0 Å². The first-order valence-corrected chi connectivity index (χ1v) is 6.59. The molecule has 0 aliphatic carbocycles. The highest BCUT2D eigenvalue weighted by atomic mass is 35.5. The maximum absolute atomic E-state index is 13.0. The first kappa shape index (κ1) is 15.1. The molecule has 0 aromatic heterocycles. The average molecular weight is 308 g/mol.